The summed E-state index contributed by atoms with van der Waals surface area (Å²) in [6.07, 6.45) is 1.65. The Hall–Kier alpha value is -0.510. The SMILES string of the molecule is CSc1ccc([C@H](O)CNC(C)C)cc1C. The highest BCUT2D eigenvalue weighted by Gasteiger charge is 2.09. The molecule has 0 heterocycles. The molecular weight excluding hydrogens is 218 g/mol. The maximum Gasteiger partial charge on any atom is 0.0914 e. The van der Waals surface area contributed by atoms with Crippen LogP contribution in [0, 0.1) is 6.92 Å². The van der Waals surface area contributed by atoms with E-state index in [0.717, 1.165) is 5.56 Å². The van der Waals surface area contributed by atoms with E-state index in [9.17, 15) is 5.11 Å². The number of thioether (sulfide) groups is 1. The van der Waals surface area contributed by atoms with Crippen molar-refractivity contribution in [3.05, 3.63) is 29.3 Å². The fraction of sp³-hybridized carbons (Fsp3) is 0.538. The van der Waals surface area contributed by atoms with Gasteiger partial charge in [0.1, 0.15) is 0 Å². The van der Waals surface area contributed by atoms with Gasteiger partial charge in [0.15, 0.2) is 0 Å². The molecule has 1 rings (SSSR count). The van der Waals surface area contributed by atoms with Crippen molar-refractivity contribution in [2.75, 3.05) is 12.8 Å². The molecule has 16 heavy (non-hydrogen) atoms. The van der Waals surface area contributed by atoms with Crippen LogP contribution in [-0.2, 0) is 0 Å². The Morgan fingerprint density at radius 1 is 1.38 bits per heavy atom. The lowest BCUT2D eigenvalue weighted by atomic mass is 10.1. The largest absolute Gasteiger partial charge is 0.387 e. The summed E-state index contributed by atoms with van der Waals surface area (Å²) in [5.74, 6) is 0. The highest BCUT2D eigenvalue weighted by molar-refractivity contribution is 7.98. The van der Waals surface area contributed by atoms with Gasteiger partial charge in [0.25, 0.3) is 0 Å². The zero-order chi connectivity index (χ0) is 12.1. The summed E-state index contributed by atoms with van der Waals surface area (Å²) in [6.45, 7) is 6.84. The van der Waals surface area contributed by atoms with Crippen LogP contribution in [0.1, 0.15) is 31.1 Å². The number of aliphatic hydroxyl groups excluding tert-OH is 1. The van der Waals surface area contributed by atoms with Crippen molar-refractivity contribution in [3.8, 4) is 0 Å². The fourth-order valence-corrected chi connectivity index (χ4v) is 2.16. The molecule has 90 valence electrons. The first kappa shape index (κ1) is 13.6. The molecule has 0 unspecified atom stereocenters. The van der Waals surface area contributed by atoms with Gasteiger partial charge < -0.3 is 10.4 Å². The maximum atomic E-state index is 9.99. The topological polar surface area (TPSA) is 32.3 Å². The van der Waals surface area contributed by atoms with Gasteiger partial charge in [-0.25, -0.2) is 0 Å². The molecular formula is C13H21NOS. The van der Waals surface area contributed by atoms with Crippen molar-refractivity contribution in [3.63, 3.8) is 0 Å². The van der Waals surface area contributed by atoms with Crippen LogP contribution < -0.4 is 5.32 Å². The maximum absolute atomic E-state index is 9.99. The van der Waals surface area contributed by atoms with Crippen LogP contribution in [0.5, 0.6) is 0 Å². The standard InChI is InChI=1S/C13H21NOS/c1-9(2)14-8-12(15)11-5-6-13(16-4)10(3)7-11/h5-7,9,12,14-15H,8H2,1-4H3/t12-/m1/s1. The Balaban J connectivity index is 2.69. The van der Waals surface area contributed by atoms with E-state index in [4.69, 9.17) is 0 Å². The molecule has 0 spiro atoms. The average molecular weight is 239 g/mol. The van der Waals surface area contributed by atoms with Gasteiger partial charge in [-0.3, -0.25) is 0 Å². The highest BCUT2D eigenvalue weighted by atomic mass is 32.2. The summed E-state index contributed by atoms with van der Waals surface area (Å²) in [4.78, 5) is 1.27. The molecule has 2 N–H and O–H groups in total. The van der Waals surface area contributed by atoms with E-state index in [1.54, 1.807) is 11.8 Å². The van der Waals surface area contributed by atoms with Crippen LogP contribution in [-0.4, -0.2) is 23.9 Å². The third-order valence-corrected chi connectivity index (χ3v) is 3.42. The predicted octanol–water partition coefficient (Wildman–Crippen LogP) is 2.75. The number of aliphatic hydroxyl groups is 1. The van der Waals surface area contributed by atoms with E-state index in [-0.39, 0.29) is 0 Å². The van der Waals surface area contributed by atoms with E-state index >= 15 is 0 Å². The van der Waals surface area contributed by atoms with Crippen molar-refractivity contribution >= 4 is 11.8 Å². The Morgan fingerprint density at radius 2 is 2.06 bits per heavy atom. The lowest BCUT2D eigenvalue weighted by Gasteiger charge is -2.15. The van der Waals surface area contributed by atoms with Crippen LogP contribution in [0.25, 0.3) is 0 Å². The minimum absolute atomic E-state index is 0.404. The Kier molecular flexibility index (Phi) is 5.32. The summed E-state index contributed by atoms with van der Waals surface area (Å²) < 4.78 is 0. The minimum atomic E-state index is -0.419. The minimum Gasteiger partial charge on any atom is -0.387 e. The molecule has 0 aromatic heterocycles. The number of hydrogen-bond acceptors (Lipinski definition) is 3. The highest BCUT2D eigenvalue weighted by Crippen LogP contribution is 2.23. The normalized spacial score (nSPS) is 13.1. The monoisotopic (exact) mass is 239 g/mol. The van der Waals surface area contributed by atoms with E-state index < -0.39 is 6.10 Å². The van der Waals surface area contributed by atoms with E-state index in [1.807, 2.05) is 6.07 Å². The summed E-state index contributed by atoms with van der Waals surface area (Å²) in [5.41, 5.74) is 2.22. The number of rotatable bonds is 5. The van der Waals surface area contributed by atoms with Gasteiger partial charge in [-0.15, -0.1) is 11.8 Å². The molecule has 0 aliphatic carbocycles. The third kappa shape index (κ3) is 3.81. The van der Waals surface area contributed by atoms with Crippen molar-refractivity contribution in [2.24, 2.45) is 0 Å². The van der Waals surface area contributed by atoms with Gasteiger partial charge in [-0.2, -0.15) is 0 Å². The average Bonchev–Trinajstić information content (AvgIpc) is 2.25. The first-order valence-corrected chi connectivity index (χ1v) is 6.83. The number of hydrogen-bond donors (Lipinski definition) is 2. The molecule has 0 amide bonds. The molecule has 2 nitrogen and oxygen atoms in total. The van der Waals surface area contributed by atoms with Crippen molar-refractivity contribution in [1.82, 2.24) is 5.32 Å². The molecule has 0 aliphatic rings. The van der Waals surface area contributed by atoms with Crippen molar-refractivity contribution in [2.45, 2.75) is 37.8 Å². The van der Waals surface area contributed by atoms with Crippen molar-refractivity contribution in [1.29, 1.82) is 0 Å². The Labute approximate surface area is 102 Å². The van der Waals surface area contributed by atoms with Crippen molar-refractivity contribution < 1.29 is 5.11 Å². The number of aryl methyl sites for hydroxylation is 1. The molecule has 0 radical (unpaired) electrons. The summed E-state index contributed by atoms with van der Waals surface area (Å²) in [7, 11) is 0. The van der Waals surface area contributed by atoms with Crippen LogP contribution in [0.3, 0.4) is 0 Å². The summed E-state index contributed by atoms with van der Waals surface area (Å²) in [5, 5.41) is 13.2. The molecule has 0 bridgehead atoms. The number of nitrogens with one attached hydrogen (secondary N) is 1. The van der Waals surface area contributed by atoms with Gasteiger partial charge in [0.05, 0.1) is 6.10 Å². The second-order valence-electron chi connectivity index (χ2n) is 4.31. The van der Waals surface area contributed by atoms with Gasteiger partial charge in [-0.1, -0.05) is 26.0 Å². The molecule has 1 aromatic carbocycles. The van der Waals surface area contributed by atoms with E-state index in [2.05, 4.69) is 44.5 Å². The lowest BCUT2D eigenvalue weighted by molar-refractivity contribution is 0.171. The summed E-state index contributed by atoms with van der Waals surface area (Å²) in [6, 6.07) is 6.55. The number of benzene rings is 1. The molecule has 0 saturated heterocycles. The lowest BCUT2D eigenvalue weighted by Crippen LogP contribution is -2.27. The molecule has 1 aromatic rings. The van der Waals surface area contributed by atoms with Gasteiger partial charge in [0, 0.05) is 17.5 Å². The molecule has 3 heteroatoms. The molecule has 0 aliphatic heterocycles. The smallest absolute Gasteiger partial charge is 0.0914 e. The molecule has 0 fully saturated rings. The molecule has 0 saturated carbocycles. The Morgan fingerprint density at radius 3 is 2.56 bits per heavy atom. The quantitative estimate of drug-likeness (QED) is 0.775. The van der Waals surface area contributed by atoms with Crippen LogP contribution >= 0.6 is 11.8 Å². The van der Waals surface area contributed by atoms with Gasteiger partial charge >= 0.3 is 0 Å². The predicted molar refractivity (Wildman–Crippen MR) is 71.1 cm³/mol. The first-order valence-electron chi connectivity index (χ1n) is 5.60. The zero-order valence-corrected chi connectivity index (χ0v) is 11.3. The van der Waals surface area contributed by atoms with E-state index in [1.165, 1.54) is 10.5 Å². The second-order valence-corrected chi connectivity index (χ2v) is 5.16. The fourth-order valence-electron chi connectivity index (χ4n) is 1.57. The first-order chi connectivity index (χ1) is 7.54. The second kappa shape index (κ2) is 6.28. The van der Waals surface area contributed by atoms with Gasteiger partial charge in [0.2, 0.25) is 0 Å². The van der Waals surface area contributed by atoms with Crippen LogP contribution in [0.15, 0.2) is 23.1 Å². The van der Waals surface area contributed by atoms with E-state index in [0.29, 0.717) is 12.6 Å². The summed E-state index contributed by atoms with van der Waals surface area (Å²) >= 11 is 1.74. The van der Waals surface area contributed by atoms with Gasteiger partial charge in [-0.05, 0) is 30.4 Å². The molecule has 1 atom stereocenters. The van der Waals surface area contributed by atoms with Crippen LogP contribution in [0.2, 0.25) is 0 Å². The van der Waals surface area contributed by atoms with Crippen LogP contribution in [0.4, 0.5) is 0 Å². The third-order valence-electron chi connectivity index (χ3n) is 2.52. The zero-order valence-electron chi connectivity index (χ0n) is 10.4. The Bertz CT molecular complexity index is 339.